The predicted octanol–water partition coefficient (Wildman–Crippen LogP) is 3.09. The number of nitrogens with zero attached hydrogens (tertiary/aromatic N) is 3. The van der Waals surface area contributed by atoms with Crippen LogP contribution in [0.2, 0.25) is 0 Å². The van der Waals surface area contributed by atoms with Gasteiger partial charge in [-0.3, -0.25) is 9.48 Å². The van der Waals surface area contributed by atoms with Gasteiger partial charge in [-0.15, -0.1) is 0 Å². The quantitative estimate of drug-likeness (QED) is 0.820. The summed E-state index contributed by atoms with van der Waals surface area (Å²) >= 11 is 0. The Labute approximate surface area is 171 Å². The van der Waals surface area contributed by atoms with Gasteiger partial charge in [0.15, 0.2) is 5.65 Å². The normalized spacial score (nSPS) is 19.8. The molecular weight excluding hydrogens is 370 g/mol. The second-order valence-corrected chi connectivity index (χ2v) is 8.81. The molecule has 0 aromatic carbocycles. The summed E-state index contributed by atoms with van der Waals surface area (Å²) in [6.07, 6.45) is 5.18. The van der Waals surface area contributed by atoms with Gasteiger partial charge in [0, 0.05) is 31.2 Å². The molecule has 1 aliphatic carbocycles. The standard InChI is InChI=1S/C21H31N5O3/c1-13-16-10-15(12-22-18(16)26(5)25-13)19(27)24-17-9-7-6-8-14(17)11-23-20(28)29-21(2,3)4/h10,12,14,17H,6-9,11H2,1-5H3,(H,23,28)(H,24,27)/t14-,17+/m0/s1. The molecule has 1 fully saturated rings. The number of hydrogen-bond donors (Lipinski definition) is 2. The van der Waals surface area contributed by atoms with E-state index in [2.05, 4.69) is 20.7 Å². The van der Waals surface area contributed by atoms with Crippen LogP contribution in [0.1, 0.15) is 62.5 Å². The number of fused-ring (bicyclic) bond motifs is 1. The van der Waals surface area contributed by atoms with E-state index in [9.17, 15) is 9.59 Å². The van der Waals surface area contributed by atoms with Crippen molar-refractivity contribution in [2.24, 2.45) is 13.0 Å². The summed E-state index contributed by atoms with van der Waals surface area (Å²) in [4.78, 5) is 29.2. The van der Waals surface area contributed by atoms with Gasteiger partial charge in [0.1, 0.15) is 5.60 Å². The number of aromatic nitrogens is 3. The molecule has 0 radical (unpaired) electrons. The van der Waals surface area contributed by atoms with E-state index in [4.69, 9.17) is 4.74 Å². The summed E-state index contributed by atoms with van der Waals surface area (Å²) in [6, 6.07) is 1.86. The van der Waals surface area contributed by atoms with Gasteiger partial charge in [-0.2, -0.15) is 5.10 Å². The van der Waals surface area contributed by atoms with Crippen LogP contribution < -0.4 is 10.6 Å². The van der Waals surface area contributed by atoms with Crippen LogP contribution in [0.5, 0.6) is 0 Å². The predicted molar refractivity (Wildman–Crippen MR) is 111 cm³/mol. The lowest BCUT2D eigenvalue weighted by atomic mass is 9.84. The molecule has 2 aromatic rings. The summed E-state index contributed by atoms with van der Waals surface area (Å²) in [6.45, 7) is 7.91. The number of alkyl carbamates (subject to hydrolysis) is 1. The van der Waals surface area contributed by atoms with E-state index in [1.165, 1.54) is 0 Å². The van der Waals surface area contributed by atoms with Crippen molar-refractivity contribution in [2.75, 3.05) is 6.54 Å². The van der Waals surface area contributed by atoms with Crippen molar-refractivity contribution < 1.29 is 14.3 Å². The van der Waals surface area contributed by atoms with Crippen molar-refractivity contribution >= 4 is 23.0 Å². The van der Waals surface area contributed by atoms with Crippen LogP contribution in [0.4, 0.5) is 4.79 Å². The molecule has 2 N–H and O–H groups in total. The SMILES string of the molecule is Cc1nn(C)c2ncc(C(=O)N[C@@H]3CCCC[C@H]3CNC(=O)OC(C)(C)C)cc12. The molecule has 1 aliphatic rings. The third-order valence-electron chi connectivity index (χ3n) is 5.26. The van der Waals surface area contributed by atoms with Crippen molar-refractivity contribution in [3.63, 3.8) is 0 Å². The third kappa shape index (κ3) is 5.25. The largest absolute Gasteiger partial charge is 0.444 e. The van der Waals surface area contributed by atoms with E-state index in [1.807, 2.05) is 40.8 Å². The summed E-state index contributed by atoms with van der Waals surface area (Å²) < 4.78 is 7.03. The maximum absolute atomic E-state index is 12.9. The van der Waals surface area contributed by atoms with Crippen molar-refractivity contribution in [1.29, 1.82) is 0 Å². The Morgan fingerprint density at radius 3 is 2.72 bits per heavy atom. The number of carbonyl (C=O) groups excluding carboxylic acids is 2. The molecule has 2 heterocycles. The van der Waals surface area contributed by atoms with E-state index in [0.29, 0.717) is 12.1 Å². The van der Waals surface area contributed by atoms with Crippen molar-refractivity contribution in [3.8, 4) is 0 Å². The van der Waals surface area contributed by atoms with Crippen molar-refractivity contribution in [3.05, 3.63) is 23.5 Å². The summed E-state index contributed by atoms with van der Waals surface area (Å²) in [5.74, 6) is 0.0360. The van der Waals surface area contributed by atoms with Gasteiger partial charge < -0.3 is 15.4 Å². The molecule has 2 aromatic heterocycles. The lowest BCUT2D eigenvalue weighted by molar-refractivity contribution is 0.0511. The Hall–Kier alpha value is -2.64. The Bertz CT molecular complexity index is 900. The van der Waals surface area contributed by atoms with Gasteiger partial charge in [-0.25, -0.2) is 9.78 Å². The number of carbonyl (C=O) groups is 2. The molecule has 8 nitrogen and oxygen atoms in total. The van der Waals surface area contributed by atoms with Crippen LogP contribution in [-0.2, 0) is 11.8 Å². The highest BCUT2D eigenvalue weighted by Gasteiger charge is 2.28. The Balaban J connectivity index is 1.64. The van der Waals surface area contributed by atoms with Gasteiger partial charge in [0.05, 0.1) is 11.3 Å². The monoisotopic (exact) mass is 401 g/mol. The zero-order valence-corrected chi connectivity index (χ0v) is 17.9. The minimum atomic E-state index is -0.527. The van der Waals surface area contributed by atoms with Crippen molar-refractivity contribution in [1.82, 2.24) is 25.4 Å². The minimum Gasteiger partial charge on any atom is -0.444 e. The molecule has 0 spiro atoms. The molecule has 2 atom stereocenters. The second-order valence-electron chi connectivity index (χ2n) is 8.81. The molecule has 1 saturated carbocycles. The maximum Gasteiger partial charge on any atom is 0.407 e. The van der Waals surface area contributed by atoms with Crippen LogP contribution in [0.15, 0.2) is 12.3 Å². The van der Waals surface area contributed by atoms with E-state index >= 15 is 0 Å². The number of rotatable bonds is 4. The third-order valence-corrected chi connectivity index (χ3v) is 5.26. The number of ether oxygens (including phenoxy) is 1. The average Bonchev–Trinajstić information content (AvgIpc) is 2.93. The molecule has 0 bridgehead atoms. The molecule has 29 heavy (non-hydrogen) atoms. The van der Waals surface area contributed by atoms with E-state index in [1.54, 1.807) is 10.9 Å². The first-order chi connectivity index (χ1) is 13.6. The van der Waals surface area contributed by atoms with Gasteiger partial charge in [0.2, 0.25) is 0 Å². The summed E-state index contributed by atoms with van der Waals surface area (Å²) in [7, 11) is 1.84. The van der Waals surface area contributed by atoms with Crippen LogP contribution in [0, 0.1) is 12.8 Å². The fourth-order valence-corrected chi connectivity index (χ4v) is 3.85. The molecule has 2 amide bonds. The number of pyridine rings is 1. The number of aryl methyl sites for hydroxylation is 2. The van der Waals surface area contributed by atoms with E-state index in [-0.39, 0.29) is 17.9 Å². The van der Waals surface area contributed by atoms with Gasteiger partial charge in [-0.05, 0) is 52.5 Å². The summed E-state index contributed by atoms with van der Waals surface area (Å²) in [5.41, 5.74) is 1.61. The maximum atomic E-state index is 12.9. The smallest absolute Gasteiger partial charge is 0.407 e. The molecule has 0 saturated heterocycles. The van der Waals surface area contributed by atoms with Gasteiger partial charge >= 0.3 is 6.09 Å². The lowest BCUT2D eigenvalue weighted by Crippen LogP contribution is -2.47. The van der Waals surface area contributed by atoms with Gasteiger partial charge in [-0.1, -0.05) is 12.8 Å². The lowest BCUT2D eigenvalue weighted by Gasteiger charge is -2.32. The topological polar surface area (TPSA) is 98.1 Å². The highest BCUT2D eigenvalue weighted by molar-refractivity contribution is 5.97. The first-order valence-corrected chi connectivity index (χ1v) is 10.2. The first-order valence-electron chi connectivity index (χ1n) is 10.2. The van der Waals surface area contributed by atoms with E-state index in [0.717, 1.165) is 42.4 Å². The molecule has 0 unspecified atom stereocenters. The Morgan fingerprint density at radius 2 is 2.00 bits per heavy atom. The van der Waals surface area contributed by atoms with Gasteiger partial charge in [0.25, 0.3) is 5.91 Å². The second kappa shape index (κ2) is 8.39. The minimum absolute atomic E-state index is 0.0110. The van der Waals surface area contributed by atoms with Crippen LogP contribution in [0.25, 0.3) is 11.0 Å². The number of hydrogen-bond acceptors (Lipinski definition) is 5. The Morgan fingerprint density at radius 1 is 1.28 bits per heavy atom. The molecule has 8 heteroatoms. The van der Waals surface area contributed by atoms with E-state index < -0.39 is 11.7 Å². The number of amides is 2. The van der Waals surface area contributed by atoms with Crippen LogP contribution in [0.3, 0.4) is 0 Å². The van der Waals surface area contributed by atoms with Crippen LogP contribution in [-0.4, -0.2) is 45.0 Å². The number of nitrogens with one attached hydrogen (secondary N) is 2. The molecular formula is C21H31N5O3. The van der Waals surface area contributed by atoms with Crippen molar-refractivity contribution in [2.45, 2.75) is 65.0 Å². The highest BCUT2D eigenvalue weighted by atomic mass is 16.6. The molecule has 158 valence electrons. The first kappa shape index (κ1) is 21.1. The summed E-state index contributed by atoms with van der Waals surface area (Å²) in [5, 5.41) is 11.2. The molecule has 3 rings (SSSR count). The average molecular weight is 402 g/mol. The zero-order valence-electron chi connectivity index (χ0n) is 17.9. The highest BCUT2D eigenvalue weighted by Crippen LogP contribution is 2.25. The fourth-order valence-electron chi connectivity index (χ4n) is 3.85. The molecule has 0 aliphatic heterocycles. The Kier molecular flexibility index (Phi) is 6.10. The zero-order chi connectivity index (χ0) is 21.2. The van der Waals surface area contributed by atoms with Crippen LogP contribution >= 0.6 is 0 Å². The fraction of sp³-hybridized carbons (Fsp3) is 0.619.